The van der Waals surface area contributed by atoms with Crippen LogP contribution in [-0.2, 0) is 27.6 Å². The standard InChI is InChI=1S/C32H29ClF3N3O5S/c1-3-43-30-17-24(11-16-29(30)44-21-23-7-5-4-6-8-23)19-37-38-31(40)20-39(45(41,42)26-13-9-22(2)10-14-26)25-12-15-28(33)27(18-25)32(34,35)36/h4-19H,3,20-21H2,1-2H3,(H,38,40)/b37-19-. The maximum Gasteiger partial charge on any atom is 0.417 e. The fourth-order valence-corrected chi connectivity index (χ4v) is 5.75. The molecule has 4 aromatic carbocycles. The second-order valence-electron chi connectivity index (χ2n) is 9.69. The number of sulfonamides is 1. The molecule has 4 aromatic rings. The van der Waals surface area contributed by atoms with Gasteiger partial charge in [0, 0.05) is 0 Å². The lowest BCUT2D eigenvalue weighted by molar-refractivity contribution is -0.137. The van der Waals surface area contributed by atoms with E-state index in [4.69, 9.17) is 21.1 Å². The molecule has 0 aliphatic heterocycles. The smallest absolute Gasteiger partial charge is 0.417 e. The highest BCUT2D eigenvalue weighted by atomic mass is 35.5. The van der Waals surface area contributed by atoms with Gasteiger partial charge in [-0.25, -0.2) is 13.8 Å². The van der Waals surface area contributed by atoms with Gasteiger partial charge in [-0.1, -0.05) is 59.6 Å². The normalized spacial score (nSPS) is 11.8. The molecular formula is C32H29ClF3N3O5S. The topological polar surface area (TPSA) is 97.3 Å². The van der Waals surface area contributed by atoms with E-state index in [-0.39, 0.29) is 4.90 Å². The Morgan fingerprint density at radius 3 is 2.33 bits per heavy atom. The average molecular weight is 660 g/mol. The number of ether oxygens (including phenoxy) is 2. The van der Waals surface area contributed by atoms with Crippen LogP contribution in [0, 0.1) is 6.92 Å². The highest BCUT2D eigenvalue weighted by Crippen LogP contribution is 2.38. The van der Waals surface area contributed by atoms with Gasteiger partial charge in [-0.2, -0.15) is 18.3 Å². The van der Waals surface area contributed by atoms with Gasteiger partial charge in [0.2, 0.25) is 0 Å². The number of nitrogens with one attached hydrogen (secondary N) is 1. The summed E-state index contributed by atoms with van der Waals surface area (Å²) < 4.78 is 80.1. The molecule has 0 spiro atoms. The van der Waals surface area contributed by atoms with Gasteiger partial charge < -0.3 is 9.47 Å². The first-order chi connectivity index (χ1) is 21.4. The molecule has 0 saturated carbocycles. The Hall–Kier alpha value is -4.55. The van der Waals surface area contributed by atoms with Crippen molar-refractivity contribution in [3.05, 3.63) is 118 Å². The number of amides is 1. The first-order valence-corrected chi connectivity index (χ1v) is 15.4. The van der Waals surface area contributed by atoms with Gasteiger partial charge in [-0.05, 0) is 73.5 Å². The van der Waals surface area contributed by atoms with Crippen molar-refractivity contribution in [2.45, 2.75) is 31.5 Å². The van der Waals surface area contributed by atoms with Gasteiger partial charge in [-0.3, -0.25) is 9.10 Å². The zero-order valence-corrected chi connectivity index (χ0v) is 25.8. The number of benzene rings is 4. The summed E-state index contributed by atoms with van der Waals surface area (Å²) in [7, 11) is -4.48. The van der Waals surface area contributed by atoms with E-state index in [0.717, 1.165) is 23.3 Å². The number of hydrazone groups is 1. The molecule has 0 unspecified atom stereocenters. The Bertz CT molecular complexity index is 1770. The number of alkyl halides is 3. The molecule has 0 bridgehead atoms. The van der Waals surface area contributed by atoms with Gasteiger partial charge in [-0.15, -0.1) is 0 Å². The van der Waals surface area contributed by atoms with E-state index in [1.165, 1.54) is 30.5 Å². The van der Waals surface area contributed by atoms with Gasteiger partial charge in [0.15, 0.2) is 11.5 Å². The molecule has 0 atom stereocenters. The van der Waals surface area contributed by atoms with Crippen LogP contribution in [0.15, 0.2) is 101 Å². The van der Waals surface area contributed by atoms with Crippen LogP contribution in [0.25, 0.3) is 0 Å². The van der Waals surface area contributed by atoms with E-state index in [9.17, 15) is 26.4 Å². The molecule has 0 aromatic heterocycles. The number of anilines is 1. The van der Waals surface area contributed by atoms with Crippen molar-refractivity contribution < 1.29 is 35.9 Å². The molecule has 0 heterocycles. The van der Waals surface area contributed by atoms with Crippen LogP contribution in [0.4, 0.5) is 18.9 Å². The van der Waals surface area contributed by atoms with Gasteiger partial charge in [0.05, 0.1) is 34.0 Å². The third-order valence-corrected chi connectivity index (χ3v) is 8.46. The molecule has 1 N–H and O–H groups in total. The Kier molecular flexibility index (Phi) is 10.7. The monoisotopic (exact) mass is 659 g/mol. The molecule has 0 aliphatic carbocycles. The molecule has 0 aliphatic rings. The lowest BCUT2D eigenvalue weighted by Crippen LogP contribution is -2.39. The predicted molar refractivity (Wildman–Crippen MR) is 166 cm³/mol. The van der Waals surface area contributed by atoms with Crippen LogP contribution in [0.5, 0.6) is 11.5 Å². The zero-order chi connectivity index (χ0) is 32.6. The van der Waals surface area contributed by atoms with E-state index in [0.29, 0.717) is 40.6 Å². The number of halogens is 4. The van der Waals surface area contributed by atoms with E-state index >= 15 is 0 Å². The van der Waals surface area contributed by atoms with Crippen LogP contribution in [0.3, 0.4) is 0 Å². The second kappa shape index (κ2) is 14.5. The molecule has 0 radical (unpaired) electrons. The van der Waals surface area contributed by atoms with Crippen LogP contribution >= 0.6 is 11.6 Å². The molecule has 1 amide bonds. The maximum atomic E-state index is 13.6. The fraction of sp³-hybridized carbons (Fsp3) is 0.188. The summed E-state index contributed by atoms with van der Waals surface area (Å²) in [5.41, 5.74) is 2.86. The minimum absolute atomic E-state index is 0.217. The minimum atomic E-state index is -4.86. The lowest BCUT2D eigenvalue weighted by Gasteiger charge is -2.25. The van der Waals surface area contributed by atoms with Crippen LogP contribution < -0.4 is 19.2 Å². The third kappa shape index (κ3) is 8.77. The summed E-state index contributed by atoms with van der Waals surface area (Å²) in [4.78, 5) is 12.7. The van der Waals surface area contributed by atoms with Crippen LogP contribution in [0.2, 0.25) is 5.02 Å². The highest BCUT2D eigenvalue weighted by Gasteiger charge is 2.35. The molecule has 0 saturated heterocycles. The van der Waals surface area contributed by atoms with Crippen LogP contribution in [-0.4, -0.2) is 33.7 Å². The Morgan fingerprint density at radius 2 is 1.67 bits per heavy atom. The lowest BCUT2D eigenvalue weighted by atomic mass is 10.2. The molecule has 8 nitrogen and oxygen atoms in total. The van der Waals surface area contributed by atoms with E-state index in [1.54, 1.807) is 25.1 Å². The SMILES string of the molecule is CCOc1cc(/C=N\NC(=O)CN(c2ccc(Cl)c(C(F)(F)F)c2)S(=O)(=O)c2ccc(C)cc2)ccc1OCc1ccccc1. The molecule has 45 heavy (non-hydrogen) atoms. The Labute approximate surface area is 264 Å². The Morgan fingerprint density at radius 1 is 0.956 bits per heavy atom. The molecule has 4 rings (SSSR count). The first kappa shape index (κ1) is 33.3. The largest absolute Gasteiger partial charge is 0.490 e. The number of hydrogen-bond acceptors (Lipinski definition) is 6. The fourth-order valence-electron chi connectivity index (χ4n) is 4.11. The summed E-state index contributed by atoms with van der Waals surface area (Å²) in [5.74, 6) is 0.0422. The number of rotatable bonds is 12. The van der Waals surface area contributed by atoms with Crippen LogP contribution in [0.1, 0.15) is 29.2 Å². The third-order valence-electron chi connectivity index (χ3n) is 6.35. The van der Waals surface area contributed by atoms with Crippen molar-refractivity contribution in [3.63, 3.8) is 0 Å². The van der Waals surface area contributed by atoms with Crippen molar-refractivity contribution in [2.75, 3.05) is 17.5 Å². The van der Waals surface area contributed by atoms with E-state index in [2.05, 4.69) is 10.5 Å². The maximum absolute atomic E-state index is 13.6. The van der Waals surface area contributed by atoms with Gasteiger partial charge >= 0.3 is 6.18 Å². The van der Waals surface area contributed by atoms with Gasteiger partial charge in [0.25, 0.3) is 15.9 Å². The van der Waals surface area contributed by atoms with Gasteiger partial charge in [0.1, 0.15) is 13.2 Å². The van der Waals surface area contributed by atoms with Crippen molar-refractivity contribution >= 4 is 39.4 Å². The summed E-state index contributed by atoms with van der Waals surface area (Å²) in [6.45, 7) is 3.38. The molecule has 236 valence electrons. The summed E-state index contributed by atoms with van der Waals surface area (Å²) in [6.07, 6.45) is -3.55. The van der Waals surface area contributed by atoms with Crippen molar-refractivity contribution in [1.82, 2.24) is 5.43 Å². The highest BCUT2D eigenvalue weighted by molar-refractivity contribution is 7.92. The molecule has 0 fully saturated rings. The summed E-state index contributed by atoms with van der Waals surface area (Å²) in [5, 5.41) is 3.29. The van der Waals surface area contributed by atoms with E-state index < -0.39 is 44.9 Å². The number of carbonyl (C=O) groups is 1. The summed E-state index contributed by atoms with van der Waals surface area (Å²) in [6, 6.07) is 22.9. The first-order valence-electron chi connectivity index (χ1n) is 13.6. The van der Waals surface area contributed by atoms with Crippen molar-refractivity contribution in [3.8, 4) is 11.5 Å². The Balaban J connectivity index is 1.54. The number of nitrogens with zero attached hydrogens (tertiary/aromatic N) is 2. The number of carbonyl (C=O) groups excluding carboxylic acids is 1. The summed E-state index contributed by atoms with van der Waals surface area (Å²) >= 11 is 5.75. The van der Waals surface area contributed by atoms with Crippen molar-refractivity contribution in [1.29, 1.82) is 0 Å². The molecular weight excluding hydrogens is 631 g/mol. The van der Waals surface area contributed by atoms with E-state index in [1.807, 2.05) is 37.3 Å². The number of aryl methyl sites for hydroxylation is 1. The second-order valence-corrected chi connectivity index (χ2v) is 12.0. The van der Waals surface area contributed by atoms with Crippen molar-refractivity contribution in [2.24, 2.45) is 5.10 Å². The quantitative estimate of drug-likeness (QED) is 0.131. The molecule has 13 heteroatoms. The number of hydrogen-bond donors (Lipinski definition) is 1. The minimum Gasteiger partial charge on any atom is -0.490 e. The zero-order valence-electron chi connectivity index (χ0n) is 24.2. The average Bonchev–Trinajstić information content (AvgIpc) is 3.00. The predicted octanol–water partition coefficient (Wildman–Crippen LogP) is 6.99.